The first-order valence-corrected chi connectivity index (χ1v) is 7.05. The second-order valence-corrected chi connectivity index (χ2v) is 5.98. The molecular weight excluding hydrogens is 402 g/mol. The molecule has 2 nitrogen and oxygen atoms in total. The Bertz CT molecular complexity index is 473. The molecule has 0 bridgehead atoms. The summed E-state index contributed by atoms with van der Waals surface area (Å²) in [6.45, 7) is 0. The van der Waals surface area contributed by atoms with E-state index in [1.54, 1.807) is 6.20 Å². The fraction of sp³-hybridized carbons (Fsp3) is 0.182. The van der Waals surface area contributed by atoms with Gasteiger partial charge in [0.15, 0.2) is 0 Å². The fourth-order valence-electron chi connectivity index (χ4n) is 1.44. The van der Waals surface area contributed by atoms with Crippen molar-refractivity contribution in [1.29, 1.82) is 0 Å². The molecule has 2 rings (SSSR count). The molecule has 1 N–H and O–H groups in total. The first kappa shape index (κ1) is 12.4. The Morgan fingerprint density at radius 3 is 3.00 bits per heavy atom. The van der Waals surface area contributed by atoms with Gasteiger partial charge >= 0.3 is 0 Å². The van der Waals surface area contributed by atoms with Crippen LogP contribution in [0.25, 0.3) is 0 Å². The minimum atomic E-state index is -0.0597. The molecule has 1 unspecified atom stereocenters. The number of aromatic amines is 1. The number of aromatic nitrogens is 2. The number of nitrogens with one attached hydrogen (secondary N) is 1. The zero-order chi connectivity index (χ0) is 11.5. The van der Waals surface area contributed by atoms with E-state index in [1.807, 2.05) is 12.3 Å². The largest absolute Gasteiger partial charge is 0.349 e. The van der Waals surface area contributed by atoms with E-state index in [2.05, 4.69) is 60.6 Å². The number of halogens is 3. The van der Waals surface area contributed by atoms with Gasteiger partial charge < -0.3 is 4.98 Å². The van der Waals surface area contributed by atoms with Gasteiger partial charge in [-0.2, -0.15) is 0 Å². The van der Waals surface area contributed by atoms with Crippen LogP contribution in [0.4, 0.5) is 0 Å². The van der Waals surface area contributed by atoms with Gasteiger partial charge in [0.05, 0.1) is 5.38 Å². The second-order valence-electron chi connectivity index (χ2n) is 3.37. The average Bonchev–Trinajstić information content (AvgIpc) is 2.74. The maximum absolute atomic E-state index is 6.39. The van der Waals surface area contributed by atoms with Gasteiger partial charge in [-0.05, 0) is 46.4 Å². The molecule has 84 valence electrons. The Morgan fingerprint density at radius 2 is 2.31 bits per heavy atom. The zero-order valence-corrected chi connectivity index (χ0v) is 12.8. The summed E-state index contributed by atoms with van der Waals surface area (Å²) in [7, 11) is 0. The van der Waals surface area contributed by atoms with Crippen LogP contribution in [0.1, 0.15) is 16.8 Å². The lowest BCUT2D eigenvalue weighted by atomic mass is 10.1. The van der Waals surface area contributed by atoms with E-state index in [0.29, 0.717) is 6.42 Å². The Labute approximate surface area is 121 Å². The first-order valence-electron chi connectivity index (χ1n) is 4.74. The molecule has 1 aromatic carbocycles. The van der Waals surface area contributed by atoms with Gasteiger partial charge in [-0.1, -0.05) is 15.9 Å². The van der Waals surface area contributed by atoms with Crippen molar-refractivity contribution in [2.24, 2.45) is 0 Å². The molecule has 5 heteroatoms. The van der Waals surface area contributed by atoms with E-state index in [-0.39, 0.29) is 5.38 Å². The van der Waals surface area contributed by atoms with Crippen molar-refractivity contribution in [1.82, 2.24) is 9.97 Å². The second kappa shape index (κ2) is 5.51. The van der Waals surface area contributed by atoms with Crippen LogP contribution < -0.4 is 0 Å². The minimum absolute atomic E-state index is 0.0597. The molecule has 0 aliphatic heterocycles. The normalized spacial score (nSPS) is 12.7. The molecule has 1 atom stereocenters. The predicted molar refractivity (Wildman–Crippen MR) is 77.7 cm³/mol. The zero-order valence-electron chi connectivity index (χ0n) is 8.25. The van der Waals surface area contributed by atoms with E-state index in [0.717, 1.165) is 15.9 Å². The van der Waals surface area contributed by atoms with Gasteiger partial charge in [-0.3, -0.25) is 0 Å². The molecule has 0 aliphatic rings. The highest BCUT2D eigenvalue weighted by Crippen LogP contribution is 2.30. The number of rotatable bonds is 3. The number of H-pyrrole nitrogens is 1. The number of alkyl halides is 1. The summed E-state index contributed by atoms with van der Waals surface area (Å²) in [6.07, 6.45) is 4.26. The van der Waals surface area contributed by atoms with Gasteiger partial charge in [-0.15, -0.1) is 11.6 Å². The molecule has 1 aromatic heterocycles. The molecule has 0 fully saturated rings. The summed E-state index contributed by atoms with van der Waals surface area (Å²) >= 11 is 12.1. The highest BCUT2D eigenvalue weighted by Gasteiger charge is 2.13. The highest BCUT2D eigenvalue weighted by molar-refractivity contribution is 14.1. The van der Waals surface area contributed by atoms with Crippen molar-refractivity contribution in [2.45, 2.75) is 11.8 Å². The molecule has 16 heavy (non-hydrogen) atoms. The molecule has 0 radical (unpaired) electrons. The lowest BCUT2D eigenvalue weighted by molar-refractivity contribution is 0.850. The fourth-order valence-corrected chi connectivity index (χ4v) is 3.04. The van der Waals surface area contributed by atoms with Crippen molar-refractivity contribution in [3.8, 4) is 0 Å². The van der Waals surface area contributed by atoms with E-state index in [4.69, 9.17) is 11.6 Å². The summed E-state index contributed by atoms with van der Waals surface area (Å²) in [5, 5.41) is -0.0597. The number of hydrogen-bond acceptors (Lipinski definition) is 1. The molecule has 1 heterocycles. The standard InChI is InChI=1S/C11H9BrClIN2/c12-7-1-2-10(14)8(5-7)9(13)6-11-15-3-4-16-11/h1-5,9H,6H2,(H,15,16). The van der Waals surface area contributed by atoms with Crippen molar-refractivity contribution >= 4 is 50.1 Å². The highest BCUT2D eigenvalue weighted by atomic mass is 127. The number of benzene rings is 1. The summed E-state index contributed by atoms with van der Waals surface area (Å²) in [5.74, 6) is 0.913. The molecule has 0 saturated carbocycles. The average molecular weight is 411 g/mol. The Hall–Kier alpha value is -0.0700. The van der Waals surface area contributed by atoms with Gasteiger partial charge in [0.2, 0.25) is 0 Å². The molecule has 0 amide bonds. The monoisotopic (exact) mass is 410 g/mol. The molecule has 0 aliphatic carbocycles. The van der Waals surface area contributed by atoms with E-state index < -0.39 is 0 Å². The maximum atomic E-state index is 6.39. The van der Waals surface area contributed by atoms with Crippen LogP contribution in [-0.2, 0) is 6.42 Å². The van der Waals surface area contributed by atoms with Crippen LogP contribution in [0.3, 0.4) is 0 Å². The van der Waals surface area contributed by atoms with Gasteiger partial charge in [0.1, 0.15) is 5.82 Å². The summed E-state index contributed by atoms with van der Waals surface area (Å²) in [6, 6.07) is 6.13. The summed E-state index contributed by atoms with van der Waals surface area (Å²) in [5.41, 5.74) is 1.13. The molecule has 0 saturated heterocycles. The predicted octanol–water partition coefficient (Wildman–Crippen LogP) is 4.30. The Kier molecular flexibility index (Phi) is 4.27. The van der Waals surface area contributed by atoms with Crippen molar-refractivity contribution in [3.63, 3.8) is 0 Å². The van der Waals surface area contributed by atoms with Crippen LogP contribution in [0.5, 0.6) is 0 Å². The molecular formula is C11H9BrClIN2. The first-order chi connectivity index (χ1) is 7.66. The molecule has 0 spiro atoms. The van der Waals surface area contributed by atoms with E-state index in [1.165, 1.54) is 3.57 Å². The lowest BCUT2D eigenvalue weighted by Crippen LogP contribution is -2.00. The molecule has 2 aromatic rings. The Balaban J connectivity index is 2.20. The number of imidazole rings is 1. The third kappa shape index (κ3) is 2.99. The topological polar surface area (TPSA) is 28.7 Å². The van der Waals surface area contributed by atoms with Gasteiger partial charge in [-0.25, -0.2) is 4.98 Å². The van der Waals surface area contributed by atoms with Crippen LogP contribution in [0.15, 0.2) is 35.1 Å². The van der Waals surface area contributed by atoms with Crippen LogP contribution in [0, 0.1) is 3.57 Å². The minimum Gasteiger partial charge on any atom is -0.349 e. The van der Waals surface area contributed by atoms with E-state index in [9.17, 15) is 0 Å². The van der Waals surface area contributed by atoms with Crippen molar-refractivity contribution in [3.05, 3.63) is 50.0 Å². The Morgan fingerprint density at radius 1 is 1.50 bits per heavy atom. The third-order valence-electron chi connectivity index (χ3n) is 2.22. The number of nitrogens with zero attached hydrogens (tertiary/aromatic N) is 1. The maximum Gasteiger partial charge on any atom is 0.107 e. The van der Waals surface area contributed by atoms with Gasteiger partial charge in [0, 0.05) is 26.9 Å². The van der Waals surface area contributed by atoms with Gasteiger partial charge in [0.25, 0.3) is 0 Å². The van der Waals surface area contributed by atoms with Crippen molar-refractivity contribution in [2.75, 3.05) is 0 Å². The van der Waals surface area contributed by atoms with Crippen LogP contribution in [-0.4, -0.2) is 9.97 Å². The summed E-state index contributed by atoms with van der Waals surface area (Å²) < 4.78 is 2.22. The van der Waals surface area contributed by atoms with Crippen molar-refractivity contribution < 1.29 is 0 Å². The third-order valence-corrected chi connectivity index (χ3v) is 4.09. The number of hydrogen-bond donors (Lipinski definition) is 1. The van der Waals surface area contributed by atoms with E-state index >= 15 is 0 Å². The SMILES string of the molecule is ClC(Cc1ncc[nH]1)c1cc(Br)ccc1I. The quantitative estimate of drug-likeness (QED) is 0.592. The van der Waals surface area contributed by atoms with Crippen LogP contribution in [0.2, 0.25) is 0 Å². The summed E-state index contributed by atoms with van der Waals surface area (Å²) in [4.78, 5) is 7.24. The lowest BCUT2D eigenvalue weighted by Gasteiger charge is -2.11. The smallest absolute Gasteiger partial charge is 0.107 e. The van der Waals surface area contributed by atoms with Crippen LogP contribution >= 0.6 is 50.1 Å².